The lowest BCUT2D eigenvalue weighted by molar-refractivity contribution is -0.131. The number of hydrogen-bond donors (Lipinski definition) is 0. The molecule has 0 saturated carbocycles. The minimum atomic E-state index is 0.194. The van der Waals surface area contributed by atoms with E-state index in [0.717, 1.165) is 29.7 Å². The molecule has 1 saturated heterocycles. The van der Waals surface area contributed by atoms with Crippen LogP contribution >= 0.6 is 11.3 Å². The fraction of sp³-hybridized carbons (Fsp3) is 0.333. The maximum absolute atomic E-state index is 12.6. The van der Waals surface area contributed by atoms with E-state index in [9.17, 15) is 4.79 Å². The zero-order valence-corrected chi connectivity index (χ0v) is 16.7. The molecule has 1 aromatic carbocycles. The van der Waals surface area contributed by atoms with Gasteiger partial charge in [0.2, 0.25) is 11.9 Å². The first-order chi connectivity index (χ1) is 13.7. The molecular weight excluding hydrogens is 370 g/mol. The molecule has 0 N–H and O–H groups in total. The van der Waals surface area contributed by atoms with Gasteiger partial charge in [-0.1, -0.05) is 24.3 Å². The molecule has 0 unspecified atom stereocenters. The van der Waals surface area contributed by atoms with Crippen molar-refractivity contribution in [1.29, 1.82) is 0 Å². The van der Waals surface area contributed by atoms with E-state index < -0.39 is 0 Å². The van der Waals surface area contributed by atoms with E-state index in [2.05, 4.69) is 39.3 Å². The van der Waals surface area contributed by atoms with E-state index in [0.29, 0.717) is 25.9 Å². The summed E-state index contributed by atoms with van der Waals surface area (Å²) >= 11 is 1.65. The SMILES string of the molecule is Cc1ccccc1-c1nc(CCC(=O)N2CCN(c3ncccn3)CC2)cs1. The van der Waals surface area contributed by atoms with E-state index in [-0.39, 0.29) is 5.91 Å². The lowest BCUT2D eigenvalue weighted by Crippen LogP contribution is -2.49. The molecule has 0 radical (unpaired) electrons. The lowest BCUT2D eigenvalue weighted by atomic mass is 10.1. The number of aromatic nitrogens is 3. The Morgan fingerprint density at radius 1 is 1.07 bits per heavy atom. The molecule has 1 aliphatic heterocycles. The summed E-state index contributed by atoms with van der Waals surface area (Å²) in [5.41, 5.74) is 3.39. The second-order valence-electron chi connectivity index (χ2n) is 6.88. The molecule has 0 spiro atoms. The van der Waals surface area contributed by atoms with E-state index >= 15 is 0 Å². The molecular formula is C21H23N5OS. The summed E-state index contributed by atoms with van der Waals surface area (Å²) in [6, 6.07) is 10.1. The number of nitrogens with zero attached hydrogens (tertiary/aromatic N) is 5. The first-order valence-electron chi connectivity index (χ1n) is 9.51. The third-order valence-electron chi connectivity index (χ3n) is 4.99. The fourth-order valence-electron chi connectivity index (χ4n) is 3.36. The van der Waals surface area contributed by atoms with Crippen molar-refractivity contribution in [3.63, 3.8) is 0 Å². The number of hydrogen-bond acceptors (Lipinski definition) is 6. The molecule has 1 amide bonds. The van der Waals surface area contributed by atoms with E-state index in [1.807, 2.05) is 23.1 Å². The Morgan fingerprint density at radius 3 is 2.57 bits per heavy atom. The predicted octanol–water partition coefficient (Wildman–Crippen LogP) is 3.19. The predicted molar refractivity (Wildman–Crippen MR) is 111 cm³/mol. The van der Waals surface area contributed by atoms with Crippen LogP contribution in [0.2, 0.25) is 0 Å². The third-order valence-corrected chi connectivity index (χ3v) is 5.91. The summed E-state index contributed by atoms with van der Waals surface area (Å²) in [5.74, 6) is 0.930. The molecule has 144 valence electrons. The third kappa shape index (κ3) is 4.20. The minimum Gasteiger partial charge on any atom is -0.339 e. The summed E-state index contributed by atoms with van der Waals surface area (Å²) in [6.07, 6.45) is 4.68. The average Bonchev–Trinajstić information content (AvgIpc) is 3.22. The normalized spacial score (nSPS) is 14.3. The van der Waals surface area contributed by atoms with Crippen molar-refractivity contribution in [2.45, 2.75) is 19.8 Å². The number of amides is 1. The van der Waals surface area contributed by atoms with Gasteiger partial charge >= 0.3 is 0 Å². The van der Waals surface area contributed by atoms with Crippen molar-refractivity contribution in [3.8, 4) is 10.6 Å². The van der Waals surface area contributed by atoms with Crippen molar-refractivity contribution in [3.05, 3.63) is 59.4 Å². The van der Waals surface area contributed by atoms with E-state index in [1.54, 1.807) is 23.7 Å². The van der Waals surface area contributed by atoms with Gasteiger partial charge in [-0.2, -0.15) is 0 Å². The Bertz CT molecular complexity index is 935. The topological polar surface area (TPSA) is 62.2 Å². The van der Waals surface area contributed by atoms with Gasteiger partial charge < -0.3 is 9.80 Å². The van der Waals surface area contributed by atoms with Crippen LogP contribution in [0.4, 0.5) is 5.95 Å². The highest BCUT2D eigenvalue weighted by atomic mass is 32.1. The van der Waals surface area contributed by atoms with Crippen molar-refractivity contribution >= 4 is 23.2 Å². The smallest absolute Gasteiger partial charge is 0.225 e. The molecule has 0 aliphatic carbocycles. The highest BCUT2D eigenvalue weighted by Crippen LogP contribution is 2.27. The molecule has 3 aromatic rings. The van der Waals surface area contributed by atoms with Gasteiger partial charge in [0.25, 0.3) is 0 Å². The molecule has 2 aromatic heterocycles. The van der Waals surface area contributed by atoms with Crippen LogP contribution in [0.1, 0.15) is 17.7 Å². The van der Waals surface area contributed by atoms with Crippen LogP contribution in [-0.4, -0.2) is 51.9 Å². The number of thiazole rings is 1. The summed E-state index contributed by atoms with van der Waals surface area (Å²) in [7, 11) is 0. The second-order valence-corrected chi connectivity index (χ2v) is 7.73. The maximum atomic E-state index is 12.6. The van der Waals surface area contributed by atoms with E-state index in [4.69, 9.17) is 4.98 Å². The van der Waals surface area contributed by atoms with Gasteiger partial charge in [-0.3, -0.25) is 4.79 Å². The number of aryl methyl sites for hydroxylation is 2. The van der Waals surface area contributed by atoms with Crippen LogP contribution in [0, 0.1) is 6.92 Å². The summed E-state index contributed by atoms with van der Waals surface area (Å²) in [5, 5.41) is 3.09. The molecule has 7 heteroatoms. The molecule has 4 rings (SSSR count). The number of rotatable bonds is 5. The molecule has 1 fully saturated rings. The second kappa shape index (κ2) is 8.48. The van der Waals surface area contributed by atoms with Crippen LogP contribution in [0.5, 0.6) is 0 Å². The van der Waals surface area contributed by atoms with Gasteiger partial charge in [0.1, 0.15) is 5.01 Å². The number of anilines is 1. The largest absolute Gasteiger partial charge is 0.339 e. The van der Waals surface area contributed by atoms with Crippen LogP contribution in [0.25, 0.3) is 10.6 Å². The van der Waals surface area contributed by atoms with Crippen LogP contribution in [-0.2, 0) is 11.2 Å². The minimum absolute atomic E-state index is 0.194. The number of piperazine rings is 1. The Morgan fingerprint density at radius 2 is 1.82 bits per heavy atom. The summed E-state index contributed by atoms with van der Waals surface area (Å²) in [6.45, 7) is 5.05. The number of benzene rings is 1. The first-order valence-corrected chi connectivity index (χ1v) is 10.4. The summed E-state index contributed by atoms with van der Waals surface area (Å²) < 4.78 is 0. The maximum Gasteiger partial charge on any atom is 0.225 e. The van der Waals surface area contributed by atoms with Crippen LogP contribution in [0.3, 0.4) is 0 Å². The fourth-order valence-corrected chi connectivity index (χ4v) is 4.31. The number of carbonyl (C=O) groups is 1. The first kappa shape index (κ1) is 18.6. The van der Waals surface area contributed by atoms with Gasteiger partial charge in [0, 0.05) is 55.9 Å². The molecule has 3 heterocycles. The Hall–Kier alpha value is -2.80. The zero-order valence-electron chi connectivity index (χ0n) is 15.9. The Balaban J connectivity index is 1.29. The highest BCUT2D eigenvalue weighted by molar-refractivity contribution is 7.13. The summed E-state index contributed by atoms with van der Waals surface area (Å²) in [4.78, 5) is 30.0. The average molecular weight is 394 g/mol. The van der Waals surface area contributed by atoms with Gasteiger partial charge in [-0.05, 0) is 25.0 Å². The highest BCUT2D eigenvalue weighted by Gasteiger charge is 2.22. The van der Waals surface area contributed by atoms with Crippen molar-refractivity contribution < 1.29 is 4.79 Å². The van der Waals surface area contributed by atoms with Crippen molar-refractivity contribution in [1.82, 2.24) is 19.9 Å². The van der Waals surface area contributed by atoms with Gasteiger partial charge in [0.05, 0.1) is 5.69 Å². The Labute approximate surface area is 168 Å². The number of carbonyl (C=O) groups excluding carboxylic acids is 1. The Kier molecular flexibility index (Phi) is 5.62. The van der Waals surface area contributed by atoms with Crippen molar-refractivity contribution in [2.24, 2.45) is 0 Å². The van der Waals surface area contributed by atoms with Gasteiger partial charge in [-0.15, -0.1) is 11.3 Å². The van der Waals surface area contributed by atoms with Crippen molar-refractivity contribution in [2.75, 3.05) is 31.1 Å². The standard InChI is InChI=1S/C21H23N5OS/c1-16-5-2-3-6-18(16)20-24-17(15-28-20)7-8-19(27)25-11-13-26(14-12-25)21-22-9-4-10-23-21/h2-6,9-10,15H,7-8,11-14H2,1H3. The quantitative estimate of drug-likeness (QED) is 0.666. The molecule has 28 heavy (non-hydrogen) atoms. The monoisotopic (exact) mass is 393 g/mol. The van der Waals surface area contributed by atoms with E-state index in [1.165, 1.54) is 11.1 Å². The van der Waals surface area contributed by atoms with Crippen LogP contribution in [0.15, 0.2) is 48.1 Å². The lowest BCUT2D eigenvalue weighted by Gasteiger charge is -2.34. The zero-order chi connectivity index (χ0) is 19.3. The molecule has 1 aliphatic rings. The van der Waals surface area contributed by atoms with Gasteiger partial charge in [0.15, 0.2) is 0 Å². The van der Waals surface area contributed by atoms with Crippen LogP contribution < -0.4 is 4.90 Å². The van der Waals surface area contributed by atoms with Gasteiger partial charge in [-0.25, -0.2) is 15.0 Å². The molecule has 0 bridgehead atoms. The molecule has 0 atom stereocenters. The molecule has 6 nitrogen and oxygen atoms in total.